The molecular weight excluding hydrogens is 332 g/mol. The summed E-state index contributed by atoms with van der Waals surface area (Å²) in [5, 5.41) is 0. The molecule has 4 aliphatic rings. The Morgan fingerprint density at radius 2 is 1.83 bits per heavy atom. The van der Waals surface area contributed by atoms with Gasteiger partial charge < -0.3 is 4.74 Å². The van der Waals surface area contributed by atoms with Gasteiger partial charge in [0.1, 0.15) is 11.4 Å². The van der Waals surface area contributed by atoms with Crippen LogP contribution in [0.1, 0.15) is 42.5 Å². The van der Waals surface area contributed by atoms with E-state index in [-0.39, 0.29) is 22.3 Å². The lowest BCUT2D eigenvalue weighted by atomic mass is 9.53. The minimum Gasteiger partial charge on any atom is -0.455 e. The van der Waals surface area contributed by atoms with Crippen LogP contribution in [0.3, 0.4) is 0 Å². The second-order valence-electron chi connectivity index (χ2n) is 7.32. The Balaban J connectivity index is 1.58. The summed E-state index contributed by atoms with van der Waals surface area (Å²) in [4.78, 5) is 24.4. The van der Waals surface area contributed by atoms with E-state index < -0.39 is 21.7 Å². The van der Waals surface area contributed by atoms with E-state index in [1.165, 1.54) is 18.2 Å². The third-order valence-electron chi connectivity index (χ3n) is 5.61. The maximum atomic E-state index is 12.5. The predicted octanol–water partition coefficient (Wildman–Crippen LogP) is 2.24. The van der Waals surface area contributed by atoms with Crippen molar-refractivity contribution in [1.29, 1.82) is 0 Å². The average molecular weight is 350 g/mol. The molecule has 0 aromatic heterocycles. The largest absolute Gasteiger partial charge is 0.455 e. The summed E-state index contributed by atoms with van der Waals surface area (Å²) in [6.07, 6.45) is 3.71. The lowest BCUT2D eigenvalue weighted by molar-refractivity contribution is -0.162. The third-order valence-corrected chi connectivity index (χ3v) is 6.46. The third kappa shape index (κ3) is 2.56. The predicted molar refractivity (Wildman–Crippen MR) is 83.0 cm³/mol. The zero-order valence-electron chi connectivity index (χ0n) is 13.0. The fourth-order valence-corrected chi connectivity index (χ4v) is 5.37. The Morgan fingerprint density at radius 1 is 1.17 bits per heavy atom. The van der Waals surface area contributed by atoms with E-state index in [9.17, 15) is 18.0 Å². The van der Waals surface area contributed by atoms with Gasteiger partial charge >= 0.3 is 5.97 Å². The van der Waals surface area contributed by atoms with E-state index in [1.807, 2.05) is 0 Å². The molecule has 0 spiro atoms. The van der Waals surface area contributed by atoms with Gasteiger partial charge in [-0.2, -0.15) is 8.42 Å². The van der Waals surface area contributed by atoms with Crippen molar-refractivity contribution >= 4 is 21.9 Å². The summed E-state index contributed by atoms with van der Waals surface area (Å²) in [5.74, 6) is 0.124. The van der Waals surface area contributed by atoms with Crippen molar-refractivity contribution in [3.8, 4) is 0 Å². The van der Waals surface area contributed by atoms with Crippen LogP contribution in [0.5, 0.6) is 0 Å². The van der Waals surface area contributed by atoms with Crippen LogP contribution in [0, 0.1) is 17.8 Å². The number of carbonyl (C=O) groups excluding carboxylic acids is 2. The van der Waals surface area contributed by atoms with E-state index in [0.29, 0.717) is 24.5 Å². The first-order valence-electron chi connectivity index (χ1n) is 8.10. The molecule has 4 aliphatic carbocycles. The Morgan fingerprint density at radius 3 is 2.46 bits per heavy atom. The molecule has 5 rings (SSSR count). The van der Waals surface area contributed by atoms with Gasteiger partial charge in [-0.15, -0.1) is 0 Å². The second kappa shape index (κ2) is 5.13. The van der Waals surface area contributed by atoms with Gasteiger partial charge in [-0.25, -0.2) is 4.79 Å². The molecular formula is C17H18O6S. The summed E-state index contributed by atoms with van der Waals surface area (Å²) < 4.78 is 37.3. The first kappa shape index (κ1) is 15.8. The Kier molecular flexibility index (Phi) is 3.37. The van der Waals surface area contributed by atoms with Gasteiger partial charge in [0, 0.05) is 11.8 Å². The van der Waals surface area contributed by atoms with Gasteiger partial charge in [-0.1, -0.05) is 6.07 Å². The molecule has 7 heteroatoms. The molecule has 0 radical (unpaired) electrons. The summed E-state index contributed by atoms with van der Waals surface area (Å²) in [7, 11) is -4.37. The molecule has 1 aromatic carbocycles. The number of ether oxygens (including phenoxy) is 1. The number of rotatable bonds is 3. The van der Waals surface area contributed by atoms with Gasteiger partial charge in [0.15, 0.2) is 0 Å². The summed E-state index contributed by atoms with van der Waals surface area (Å²) in [5.41, 5.74) is -0.512. The molecule has 6 nitrogen and oxygen atoms in total. The van der Waals surface area contributed by atoms with Gasteiger partial charge in [0.05, 0.1) is 10.5 Å². The van der Waals surface area contributed by atoms with Crippen molar-refractivity contribution in [2.45, 2.75) is 42.6 Å². The highest BCUT2D eigenvalue weighted by Gasteiger charge is 2.57. The van der Waals surface area contributed by atoms with Crippen LogP contribution < -0.4 is 0 Å². The quantitative estimate of drug-likeness (QED) is 0.663. The van der Waals surface area contributed by atoms with Crippen LogP contribution in [0.4, 0.5) is 0 Å². The molecule has 0 saturated heterocycles. The molecule has 128 valence electrons. The number of Topliss-reactive ketones (excluding diaryl/α,β-unsaturated/α-hetero) is 1. The second-order valence-corrected chi connectivity index (χ2v) is 8.74. The SMILES string of the molecule is O=C(OC12CC3CC(C1)C(=O)C(C3)C2)c1cccc(S(=O)(=O)O)c1. The molecule has 4 fully saturated rings. The van der Waals surface area contributed by atoms with Crippen LogP contribution in [-0.4, -0.2) is 30.3 Å². The monoisotopic (exact) mass is 350 g/mol. The smallest absolute Gasteiger partial charge is 0.338 e. The zero-order valence-corrected chi connectivity index (χ0v) is 13.8. The van der Waals surface area contributed by atoms with Crippen LogP contribution in [-0.2, 0) is 19.6 Å². The summed E-state index contributed by atoms with van der Waals surface area (Å²) in [6.45, 7) is 0. The number of benzene rings is 1. The Hall–Kier alpha value is -1.73. The van der Waals surface area contributed by atoms with Crippen molar-refractivity contribution in [3.63, 3.8) is 0 Å². The topological polar surface area (TPSA) is 97.7 Å². The molecule has 1 N–H and O–H groups in total. The van der Waals surface area contributed by atoms with Gasteiger partial charge in [0.2, 0.25) is 0 Å². The lowest BCUT2D eigenvalue weighted by Gasteiger charge is -2.54. The van der Waals surface area contributed by atoms with Crippen molar-refractivity contribution in [2.75, 3.05) is 0 Å². The number of hydrogen-bond donors (Lipinski definition) is 1. The van der Waals surface area contributed by atoms with Crippen molar-refractivity contribution in [2.24, 2.45) is 17.8 Å². The fourth-order valence-electron chi connectivity index (χ4n) is 4.84. The molecule has 2 atom stereocenters. The first-order valence-corrected chi connectivity index (χ1v) is 9.54. The van der Waals surface area contributed by atoms with Crippen molar-refractivity contribution in [1.82, 2.24) is 0 Å². The van der Waals surface area contributed by atoms with Gasteiger partial charge in [-0.05, 0) is 56.2 Å². The molecule has 0 heterocycles. The van der Waals surface area contributed by atoms with Crippen molar-refractivity contribution in [3.05, 3.63) is 29.8 Å². The molecule has 24 heavy (non-hydrogen) atoms. The summed E-state index contributed by atoms with van der Waals surface area (Å²) in [6, 6.07) is 5.18. The summed E-state index contributed by atoms with van der Waals surface area (Å²) >= 11 is 0. The lowest BCUT2D eigenvalue weighted by Crippen LogP contribution is -2.56. The highest BCUT2D eigenvalue weighted by molar-refractivity contribution is 7.85. The van der Waals surface area contributed by atoms with Crippen LogP contribution >= 0.6 is 0 Å². The molecule has 4 bridgehead atoms. The minimum absolute atomic E-state index is 0.00629. The average Bonchev–Trinajstić information content (AvgIpc) is 2.50. The van der Waals surface area contributed by atoms with E-state index >= 15 is 0 Å². The van der Waals surface area contributed by atoms with Gasteiger partial charge in [-0.3, -0.25) is 9.35 Å². The maximum Gasteiger partial charge on any atom is 0.338 e. The fraction of sp³-hybridized carbons (Fsp3) is 0.529. The number of hydrogen-bond acceptors (Lipinski definition) is 5. The Labute approximate surface area is 139 Å². The molecule has 0 amide bonds. The Bertz CT molecular complexity index is 809. The maximum absolute atomic E-state index is 12.5. The standard InChI is InChI=1S/C17H18O6S/c18-15-12-4-10-5-13(15)9-17(7-10,8-12)23-16(19)11-2-1-3-14(6-11)24(20,21)22/h1-3,6,10,12-13H,4-5,7-9H2,(H,20,21,22). The normalized spacial score (nSPS) is 34.4. The zero-order chi connectivity index (χ0) is 17.1. The first-order chi connectivity index (χ1) is 11.3. The van der Waals surface area contributed by atoms with E-state index in [2.05, 4.69) is 0 Å². The van der Waals surface area contributed by atoms with Gasteiger partial charge in [0.25, 0.3) is 10.1 Å². The highest BCUT2D eigenvalue weighted by Crippen LogP contribution is 2.55. The molecule has 2 unspecified atom stereocenters. The number of esters is 1. The van der Waals surface area contributed by atoms with E-state index in [4.69, 9.17) is 9.29 Å². The van der Waals surface area contributed by atoms with Crippen molar-refractivity contribution < 1.29 is 27.3 Å². The number of carbonyl (C=O) groups is 2. The highest BCUT2D eigenvalue weighted by atomic mass is 32.2. The molecule has 0 aliphatic heterocycles. The van der Waals surface area contributed by atoms with Crippen LogP contribution in [0.15, 0.2) is 29.2 Å². The van der Waals surface area contributed by atoms with Crippen LogP contribution in [0.2, 0.25) is 0 Å². The van der Waals surface area contributed by atoms with E-state index in [0.717, 1.165) is 25.3 Å². The van der Waals surface area contributed by atoms with Crippen LogP contribution in [0.25, 0.3) is 0 Å². The minimum atomic E-state index is -4.37. The number of ketones is 1. The molecule has 4 saturated carbocycles. The van der Waals surface area contributed by atoms with E-state index in [1.54, 1.807) is 0 Å². The molecule has 1 aromatic rings.